The lowest BCUT2D eigenvalue weighted by molar-refractivity contribution is 0.302. The van der Waals surface area contributed by atoms with E-state index in [0.717, 1.165) is 31.4 Å². The van der Waals surface area contributed by atoms with Gasteiger partial charge in [0.05, 0.1) is 6.61 Å². The highest BCUT2D eigenvalue weighted by Crippen LogP contribution is 2.27. The minimum absolute atomic E-state index is 0.687. The Balaban J connectivity index is 1.64. The molecule has 116 valence electrons. The van der Waals surface area contributed by atoms with Gasteiger partial charge in [-0.2, -0.15) is 4.98 Å². The molecule has 0 bridgehead atoms. The van der Waals surface area contributed by atoms with Crippen molar-refractivity contribution in [3.05, 3.63) is 12.3 Å². The van der Waals surface area contributed by atoms with E-state index in [1.807, 2.05) is 12.3 Å². The summed E-state index contributed by atoms with van der Waals surface area (Å²) in [4.78, 5) is 11.3. The van der Waals surface area contributed by atoms with Crippen LogP contribution in [0.1, 0.15) is 39.0 Å². The van der Waals surface area contributed by atoms with E-state index >= 15 is 0 Å². The summed E-state index contributed by atoms with van der Waals surface area (Å²) < 4.78 is 5.62. The van der Waals surface area contributed by atoms with E-state index in [1.54, 1.807) is 0 Å². The van der Waals surface area contributed by atoms with Crippen molar-refractivity contribution in [2.24, 2.45) is 5.92 Å². The smallest absolute Gasteiger partial charge is 0.228 e. The fourth-order valence-corrected chi connectivity index (χ4v) is 3.41. The van der Waals surface area contributed by atoms with E-state index in [9.17, 15) is 0 Å². The summed E-state index contributed by atoms with van der Waals surface area (Å²) in [5.74, 6) is 2.25. The van der Waals surface area contributed by atoms with Crippen LogP contribution in [0, 0.1) is 5.92 Å². The highest BCUT2D eigenvalue weighted by molar-refractivity contribution is 5.32. The molecule has 2 aliphatic heterocycles. The zero-order valence-corrected chi connectivity index (χ0v) is 12.9. The standard InChI is InChI=1S/C16H26N4O/c1-2-11-21-15-7-9-18-16(19-15)20-10-4-5-13(12-20)14-6-3-8-17-14/h7,9,13-14,17H,2-6,8,10-12H2,1H3. The highest BCUT2D eigenvalue weighted by atomic mass is 16.5. The number of anilines is 1. The molecule has 21 heavy (non-hydrogen) atoms. The Bertz CT molecular complexity index is 448. The van der Waals surface area contributed by atoms with Crippen molar-refractivity contribution < 1.29 is 4.74 Å². The molecule has 0 amide bonds. The maximum Gasteiger partial charge on any atom is 0.228 e. The Morgan fingerprint density at radius 2 is 2.33 bits per heavy atom. The van der Waals surface area contributed by atoms with Gasteiger partial charge in [-0.15, -0.1) is 0 Å². The second-order valence-corrected chi connectivity index (χ2v) is 6.09. The molecule has 0 saturated carbocycles. The molecule has 0 aromatic carbocycles. The molecule has 1 aromatic rings. The van der Waals surface area contributed by atoms with Gasteiger partial charge in [0, 0.05) is 31.4 Å². The molecule has 0 radical (unpaired) electrons. The predicted molar refractivity (Wildman–Crippen MR) is 83.8 cm³/mol. The normalized spacial score (nSPS) is 26.0. The van der Waals surface area contributed by atoms with Gasteiger partial charge in [-0.3, -0.25) is 0 Å². The monoisotopic (exact) mass is 290 g/mol. The Labute approximate surface area is 127 Å². The van der Waals surface area contributed by atoms with Crippen LogP contribution in [-0.4, -0.2) is 42.3 Å². The lowest BCUT2D eigenvalue weighted by Gasteiger charge is -2.35. The minimum atomic E-state index is 0.687. The topological polar surface area (TPSA) is 50.3 Å². The quantitative estimate of drug-likeness (QED) is 0.901. The summed E-state index contributed by atoms with van der Waals surface area (Å²) >= 11 is 0. The Morgan fingerprint density at radius 3 is 3.14 bits per heavy atom. The van der Waals surface area contributed by atoms with Crippen LogP contribution in [0.2, 0.25) is 0 Å². The lowest BCUT2D eigenvalue weighted by Crippen LogP contribution is -2.44. The molecule has 1 aromatic heterocycles. The van der Waals surface area contributed by atoms with E-state index in [1.165, 1.54) is 32.2 Å². The van der Waals surface area contributed by atoms with E-state index < -0.39 is 0 Å². The molecule has 2 saturated heterocycles. The van der Waals surface area contributed by atoms with E-state index in [4.69, 9.17) is 4.74 Å². The Kier molecular flexibility index (Phi) is 4.91. The first-order valence-corrected chi connectivity index (χ1v) is 8.31. The van der Waals surface area contributed by atoms with E-state index in [2.05, 4.69) is 27.1 Å². The van der Waals surface area contributed by atoms with Crippen molar-refractivity contribution in [1.82, 2.24) is 15.3 Å². The summed E-state index contributed by atoms with van der Waals surface area (Å²) in [6.07, 6.45) is 7.99. The van der Waals surface area contributed by atoms with Crippen molar-refractivity contribution >= 4 is 5.95 Å². The third-order valence-electron chi connectivity index (χ3n) is 4.48. The van der Waals surface area contributed by atoms with Gasteiger partial charge >= 0.3 is 0 Å². The molecule has 5 nitrogen and oxygen atoms in total. The SMILES string of the molecule is CCCOc1ccnc(N2CCCC(C3CCCN3)C2)n1. The first-order valence-electron chi connectivity index (χ1n) is 8.31. The van der Waals surface area contributed by atoms with Gasteiger partial charge in [-0.1, -0.05) is 6.92 Å². The van der Waals surface area contributed by atoms with E-state index in [-0.39, 0.29) is 0 Å². The summed E-state index contributed by atoms with van der Waals surface area (Å²) in [7, 11) is 0. The van der Waals surface area contributed by atoms with Gasteiger partial charge in [-0.05, 0) is 44.6 Å². The summed E-state index contributed by atoms with van der Waals surface area (Å²) in [5, 5.41) is 3.65. The van der Waals surface area contributed by atoms with Crippen LogP contribution in [0.4, 0.5) is 5.95 Å². The number of ether oxygens (including phenoxy) is 1. The predicted octanol–water partition coefficient (Wildman–Crippen LogP) is 2.23. The Hall–Kier alpha value is -1.36. The van der Waals surface area contributed by atoms with Crippen LogP contribution < -0.4 is 15.0 Å². The Morgan fingerprint density at radius 1 is 1.38 bits per heavy atom. The first kappa shape index (κ1) is 14.6. The molecular weight excluding hydrogens is 264 g/mol. The fraction of sp³-hybridized carbons (Fsp3) is 0.750. The summed E-state index contributed by atoms with van der Waals surface area (Å²) in [6, 6.07) is 2.53. The van der Waals surface area contributed by atoms with Gasteiger partial charge < -0.3 is 15.0 Å². The molecule has 2 unspecified atom stereocenters. The number of hydrogen-bond acceptors (Lipinski definition) is 5. The zero-order valence-electron chi connectivity index (χ0n) is 12.9. The average molecular weight is 290 g/mol. The van der Waals surface area contributed by atoms with Gasteiger partial charge in [0.2, 0.25) is 11.8 Å². The van der Waals surface area contributed by atoms with Crippen molar-refractivity contribution in [2.75, 3.05) is 31.1 Å². The van der Waals surface area contributed by atoms with Crippen LogP contribution >= 0.6 is 0 Å². The largest absolute Gasteiger partial charge is 0.478 e. The second-order valence-electron chi connectivity index (χ2n) is 6.09. The van der Waals surface area contributed by atoms with Gasteiger partial charge in [0.1, 0.15) is 0 Å². The maximum atomic E-state index is 5.62. The lowest BCUT2D eigenvalue weighted by atomic mass is 9.90. The molecule has 2 aliphatic rings. The highest BCUT2D eigenvalue weighted by Gasteiger charge is 2.29. The molecule has 0 aliphatic carbocycles. The van der Waals surface area contributed by atoms with E-state index in [0.29, 0.717) is 18.5 Å². The number of nitrogens with zero attached hydrogens (tertiary/aromatic N) is 3. The van der Waals surface area contributed by atoms with Crippen LogP contribution in [0.25, 0.3) is 0 Å². The van der Waals surface area contributed by atoms with Crippen molar-refractivity contribution in [3.63, 3.8) is 0 Å². The van der Waals surface area contributed by atoms with Crippen molar-refractivity contribution in [1.29, 1.82) is 0 Å². The molecule has 2 atom stereocenters. The van der Waals surface area contributed by atoms with Crippen molar-refractivity contribution in [2.45, 2.75) is 45.1 Å². The average Bonchev–Trinajstić information content (AvgIpc) is 3.08. The number of nitrogens with one attached hydrogen (secondary N) is 1. The third-order valence-corrected chi connectivity index (χ3v) is 4.48. The van der Waals surface area contributed by atoms with Gasteiger partial charge in [0.25, 0.3) is 0 Å². The molecule has 3 rings (SSSR count). The van der Waals surface area contributed by atoms with Crippen LogP contribution in [0.15, 0.2) is 12.3 Å². The van der Waals surface area contributed by atoms with Gasteiger partial charge in [0.15, 0.2) is 0 Å². The van der Waals surface area contributed by atoms with Crippen LogP contribution in [0.5, 0.6) is 5.88 Å². The summed E-state index contributed by atoms with van der Waals surface area (Å²) in [5.41, 5.74) is 0. The van der Waals surface area contributed by atoms with Gasteiger partial charge in [-0.25, -0.2) is 4.98 Å². The molecule has 0 spiro atoms. The zero-order chi connectivity index (χ0) is 14.5. The van der Waals surface area contributed by atoms with Crippen molar-refractivity contribution in [3.8, 4) is 5.88 Å². The summed E-state index contributed by atoms with van der Waals surface area (Å²) in [6.45, 7) is 6.12. The van der Waals surface area contributed by atoms with Crippen LogP contribution in [0.3, 0.4) is 0 Å². The molecule has 3 heterocycles. The molecule has 2 fully saturated rings. The maximum absolute atomic E-state index is 5.62. The molecule has 5 heteroatoms. The molecular formula is C16H26N4O. The number of hydrogen-bond donors (Lipinski definition) is 1. The minimum Gasteiger partial charge on any atom is -0.478 e. The first-order chi connectivity index (χ1) is 10.4. The van der Waals surface area contributed by atoms with Crippen LogP contribution in [-0.2, 0) is 0 Å². The number of aromatic nitrogens is 2. The second kappa shape index (κ2) is 7.07. The third kappa shape index (κ3) is 3.64. The number of rotatable bonds is 5. The number of piperidine rings is 1. The molecule has 1 N–H and O–H groups in total. The fourth-order valence-electron chi connectivity index (χ4n) is 3.41.